The van der Waals surface area contributed by atoms with E-state index in [0.717, 1.165) is 54.7 Å². The molecule has 3 aromatic rings. The summed E-state index contributed by atoms with van der Waals surface area (Å²) in [7, 11) is 1.65. The standard InChI is InChI=1S/C23H27N3O2/c1-28-21-7-8-22-18(14-21)13-19(23(27)25-22)15-24-20-9-11-26(12-10-20)16-17-5-3-2-4-6-17/h2-8,13-14,20,24H,9-12,15-16H2,1H3,(H,25,27). The molecule has 1 aromatic heterocycles. The lowest BCUT2D eigenvalue weighted by atomic mass is 10.0. The second-order valence-corrected chi connectivity index (χ2v) is 7.49. The number of nitrogens with zero attached hydrogens (tertiary/aromatic N) is 1. The van der Waals surface area contributed by atoms with E-state index < -0.39 is 0 Å². The van der Waals surface area contributed by atoms with Crippen molar-refractivity contribution in [3.05, 3.63) is 76.1 Å². The predicted octanol–water partition coefficient (Wildman–Crippen LogP) is 3.29. The van der Waals surface area contributed by atoms with Gasteiger partial charge in [-0.1, -0.05) is 30.3 Å². The molecule has 28 heavy (non-hydrogen) atoms. The molecular weight excluding hydrogens is 350 g/mol. The summed E-state index contributed by atoms with van der Waals surface area (Å²) in [5, 5.41) is 4.57. The van der Waals surface area contributed by atoms with E-state index in [9.17, 15) is 4.79 Å². The van der Waals surface area contributed by atoms with Crippen molar-refractivity contribution in [2.75, 3.05) is 20.2 Å². The van der Waals surface area contributed by atoms with Crippen LogP contribution in [-0.4, -0.2) is 36.1 Å². The number of hydrogen-bond donors (Lipinski definition) is 2. The lowest BCUT2D eigenvalue weighted by Gasteiger charge is -2.32. The van der Waals surface area contributed by atoms with Crippen LogP contribution in [0, 0.1) is 0 Å². The molecule has 1 aliphatic rings. The number of aromatic nitrogens is 1. The van der Waals surface area contributed by atoms with Crippen LogP contribution in [0.3, 0.4) is 0 Å². The van der Waals surface area contributed by atoms with Gasteiger partial charge in [0.1, 0.15) is 5.75 Å². The molecule has 5 nitrogen and oxygen atoms in total. The van der Waals surface area contributed by atoms with Crippen LogP contribution in [0.2, 0.25) is 0 Å². The van der Waals surface area contributed by atoms with E-state index in [1.807, 2.05) is 24.3 Å². The van der Waals surface area contributed by atoms with Crippen molar-refractivity contribution >= 4 is 10.9 Å². The highest BCUT2D eigenvalue weighted by Gasteiger charge is 2.19. The van der Waals surface area contributed by atoms with E-state index in [4.69, 9.17) is 4.74 Å². The zero-order valence-electron chi connectivity index (χ0n) is 16.3. The summed E-state index contributed by atoms with van der Waals surface area (Å²) in [5.74, 6) is 0.796. The number of fused-ring (bicyclic) bond motifs is 1. The zero-order chi connectivity index (χ0) is 19.3. The molecule has 1 aliphatic heterocycles. The van der Waals surface area contributed by atoms with E-state index in [1.165, 1.54) is 5.56 Å². The highest BCUT2D eigenvalue weighted by molar-refractivity contribution is 5.80. The molecule has 4 rings (SSSR count). The Kier molecular flexibility index (Phi) is 5.74. The molecule has 2 aromatic carbocycles. The van der Waals surface area contributed by atoms with Crippen LogP contribution in [-0.2, 0) is 13.1 Å². The number of rotatable bonds is 6. The summed E-state index contributed by atoms with van der Waals surface area (Å²) in [4.78, 5) is 17.9. The van der Waals surface area contributed by atoms with Crippen LogP contribution >= 0.6 is 0 Å². The fourth-order valence-electron chi connectivity index (χ4n) is 3.88. The van der Waals surface area contributed by atoms with Crippen LogP contribution in [0.5, 0.6) is 5.75 Å². The Bertz CT molecular complexity index is 976. The maximum absolute atomic E-state index is 12.4. The molecule has 1 saturated heterocycles. The van der Waals surface area contributed by atoms with E-state index in [0.29, 0.717) is 12.6 Å². The molecular formula is C23H27N3O2. The van der Waals surface area contributed by atoms with Crippen molar-refractivity contribution in [3.63, 3.8) is 0 Å². The van der Waals surface area contributed by atoms with Crippen LogP contribution in [0.1, 0.15) is 24.0 Å². The van der Waals surface area contributed by atoms with Crippen molar-refractivity contribution < 1.29 is 4.74 Å². The maximum Gasteiger partial charge on any atom is 0.252 e. The smallest absolute Gasteiger partial charge is 0.252 e. The number of ether oxygens (including phenoxy) is 1. The van der Waals surface area contributed by atoms with Crippen molar-refractivity contribution in [2.45, 2.75) is 32.0 Å². The monoisotopic (exact) mass is 377 g/mol. The van der Waals surface area contributed by atoms with Gasteiger partial charge in [-0.25, -0.2) is 0 Å². The van der Waals surface area contributed by atoms with Crippen molar-refractivity contribution in [3.8, 4) is 5.75 Å². The molecule has 1 fully saturated rings. The number of pyridine rings is 1. The van der Waals surface area contributed by atoms with Gasteiger partial charge in [0, 0.05) is 35.6 Å². The fraction of sp³-hybridized carbons (Fsp3) is 0.348. The Labute approximate surface area is 165 Å². The molecule has 0 radical (unpaired) electrons. The van der Waals surface area contributed by atoms with Gasteiger partial charge in [-0.15, -0.1) is 0 Å². The van der Waals surface area contributed by atoms with Gasteiger partial charge >= 0.3 is 0 Å². The molecule has 0 atom stereocenters. The van der Waals surface area contributed by atoms with Gasteiger partial charge in [-0.3, -0.25) is 9.69 Å². The molecule has 0 spiro atoms. The van der Waals surface area contributed by atoms with Gasteiger partial charge in [0.05, 0.1) is 7.11 Å². The van der Waals surface area contributed by atoms with Crippen LogP contribution in [0.4, 0.5) is 0 Å². The van der Waals surface area contributed by atoms with E-state index in [2.05, 4.69) is 45.5 Å². The quantitative estimate of drug-likeness (QED) is 0.692. The summed E-state index contributed by atoms with van der Waals surface area (Å²) in [6.07, 6.45) is 2.21. The average molecular weight is 377 g/mol. The third-order valence-electron chi connectivity index (χ3n) is 5.55. The molecule has 0 saturated carbocycles. The minimum atomic E-state index is -0.0216. The Morgan fingerprint density at radius 2 is 1.89 bits per heavy atom. The minimum Gasteiger partial charge on any atom is -0.497 e. The van der Waals surface area contributed by atoms with Gasteiger partial charge < -0.3 is 15.0 Å². The second kappa shape index (κ2) is 8.59. The highest BCUT2D eigenvalue weighted by Crippen LogP contribution is 2.19. The number of hydrogen-bond acceptors (Lipinski definition) is 4. The Morgan fingerprint density at radius 1 is 1.11 bits per heavy atom. The molecule has 0 bridgehead atoms. The first-order valence-corrected chi connectivity index (χ1v) is 9.91. The summed E-state index contributed by atoms with van der Waals surface area (Å²) in [6.45, 7) is 3.77. The lowest BCUT2D eigenvalue weighted by molar-refractivity contribution is 0.190. The van der Waals surface area contributed by atoms with E-state index >= 15 is 0 Å². The van der Waals surface area contributed by atoms with Crippen LogP contribution in [0.25, 0.3) is 10.9 Å². The Hall–Kier alpha value is -2.63. The maximum atomic E-state index is 12.4. The Balaban J connectivity index is 1.33. The van der Waals surface area contributed by atoms with Crippen molar-refractivity contribution in [1.29, 1.82) is 0 Å². The lowest BCUT2D eigenvalue weighted by Crippen LogP contribution is -2.42. The summed E-state index contributed by atoms with van der Waals surface area (Å²) >= 11 is 0. The largest absolute Gasteiger partial charge is 0.497 e. The third kappa shape index (κ3) is 4.43. The normalized spacial score (nSPS) is 15.8. The number of aromatic amines is 1. The first-order valence-electron chi connectivity index (χ1n) is 9.91. The molecule has 146 valence electrons. The number of likely N-dealkylation sites (tertiary alicyclic amines) is 1. The summed E-state index contributed by atoms with van der Waals surface area (Å²) < 4.78 is 5.29. The number of benzene rings is 2. The average Bonchev–Trinajstić information content (AvgIpc) is 2.74. The summed E-state index contributed by atoms with van der Waals surface area (Å²) in [5.41, 5.74) is 2.95. The van der Waals surface area contributed by atoms with Gasteiger partial charge in [0.15, 0.2) is 0 Å². The molecule has 0 aliphatic carbocycles. The van der Waals surface area contributed by atoms with Gasteiger partial charge in [0.25, 0.3) is 5.56 Å². The van der Waals surface area contributed by atoms with Crippen molar-refractivity contribution in [1.82, 2.24) is 15.2 Å². The SMILES string of the molecule is COc1ccc2[nH]c(=O)c(CNC3CCN(Cc4ccccc4)CC3)cc2c1. The number of piperidine rings is 1. The molecule has 2 heterocycles. The predicted molar refractivity (Wildman–Crippen MR) is 113 cm³/mol. The van der Waals surface area contributed by atoms with Gasteiger partial charge in [-0.2, -0.15) is 0 Å². The van der Waals surface area contributed by atoms with Crippen LogP contribution in [0.15, 0.2) is 59.4 Å². The van der Waals surface area contributed by atoms with E-state index in [1.54, 1.807) is 7.11 Å². The third-order valence-corrected chi connectivity index (χ3v) is 5.55. The second-order valence-electron chi connectivity index (χ2n) is 7.49. The minimum absolute atomic E-state index is 0.0216. The molecule has 0 unspecified atom stereocenters. The zero-order valence-corrected chi connectivity index (χ0v) is 16.3. The number of nitrogens with one attached hydrogen (secondary N) is 2. The molecule has 5 heteroatoms. The molecule has 0 amide bonds. The van der Waals surface area contributed by atoms with Crippen molar-refractivity contribution in [2.24, 2.45) is 0 Å². The Morgan fingerprint density at radius 3 is 2.64 bits per heavy atom. The van der Waals surface area contributed by atoms with Gasteiger partial charge in [0.2, 0.25) is 0 Å². The number of H-pyrrole nitrogens is 1. The highest BCUT2D eigenvalue weighted by atomic mass is 16.5. The van der Waals surface area contributed by atoms with Gasteiger partial charge in [-0.05, 0) is 55.8 Å². The first-order chi connectivity index (χ1) is 13.7. The summed E-state index contributed by atoms with van der Waals surface area (Å²) in [6, 6.07) is 18.7. The first kappa shape index (κ1) is 18.7. The van der Waals surface area contributed by atoms with Crippen LogP contribution < -0.4 is 15.6 Å². The molecule has 2 N–H and O–H groups in total. The van der Waals surface area contributed by atoms with E-state index in [-0.39, 0.29) is 5.56 Å². The number of methoxy groups -OCH3 is 1. The topological polar surface area (TPSA) is 57.4 Å². The fourth-order valence-corrected chi connectivity index (χ4v) is 3.88.